The van der Waals surface area contributed by atoms with Crippen LogP contribution in [0.5, 0.6) is 5.75 Å². The normalized spacial score (nSPS) is 11.8. The Bertz CT molecular complexity index is 1540. The molecule has 0 heterocycles. The first kappa shape index (κ1) is 33.1. The Morgan fingerprint density at radius 3 is 2.21 bits per heavy atom. The van der Waals surface area contributed by atoms with Crippen molar-refractivity contribution in [3.05, 3.63) is 93.5 Å². The minimum absolute atomic E-state index is 0.0731. The highest BCUT2D eigenvalue weighted by Crippen LogP contribution is 2.29. The summed E-state index contributed by atoms with van der Waals surface area (Å²) < 4.78 is 34.2. The van der Waals surface area contributed by atoms with Crippen LogP contribution in [0.25, 0.3) is 0 Å². The Morgan fingerprint density at radius 1 is 1.00 bits per heavy atom. The number of sulfonamides is 1. The zero-order chi connectivity index (χ0) is 31.7. The van der Waals surface area contributed by atoms with Crippen LogP contribution in [0.1, 0.15) is 43.4 Å². The third kappa shape index (κ3) is 8.10. The average Bonchev–Trinajstić information content (AvgIpc) is 2.99. The maximum atomic E-state index is 14.1. The fraction of sp³-hybridized carbons (Fsp3) is 0.355. The lowest BCUT2D eigenvalue weighted by molar-refractivity contribution is -0.385. The summed E-state index contributed by atoms with van der Waals surface area (Å²) in [6, 6.07) is 16.3. The maximum absolute atomic E-state index is 14.1. The van der Waals surface area contributed by atoms with Crippen LogP contribution in [0.4, 0.5) is 11.4 Å². The quantitative estimate of drug-likeness (QED) is 0.205. The van der Waals surface area contributed by atoms with E-state index in [0.29, 0.717) is 30.7 Å². The molecule has 230 valence electrons. The predicted molar refractivity (Wildman–Crippen MR) is 164 cm³/mol. The van der Waals surface area contributed by atoms with Gasteiger partial charge in [-0.3, -0.25) is 24.0 Å². The van der Waals surface area contributed by atoms with E-state index in [1.54, 1.807) is 19.1 Å². The first-order valence-electron chi connectivity index (χ1n) is 14.0. The maximum Gasteiger partial charge on any atom is 0.273 e. The van der Waals surface area contributed by atoms with Gasteiger partial charge in [-0.1, -0.05) is 49.7 Å². The Kier molecular flexibility index (Phi) is 11.2. The van der Waals surface area contributed by atoms with Crippen molar-refractivity contribution in [3.63, 3.8) is 0 Å². The second-order valence-electron chi connectivity index (χ2n) is 10.1. The van der Waals surface area contributed by atoms with Crippen LogP contribution in [-0.2, 0) is 26.2 Å². The molecule has 0 spiro atoms. The van der Waals surface area contributed by atoms with Gasteiger partial charge in [0.05, 0.1) is 22.6 Å². The molecule has 0 radical (unpaired) electrons. The zero-order valence-corrected chi connectivity index (χ0v) is 25.9. The van der Waals surface area contributed by atoms with E-state index in [0.717, 1.165) is 21.5 Å². The Hall–Kier alpha value is -4.45. The lowest BCUT2D eigenvalue weighted by Crippen LogP contribution is -2.52. The number of nitro benzene ring substituents is 1. The second-order valence-corrected chi connectivity index (χ2v) is 12.0. The molecule has 0 saturated carbocycles. The fourth-order valence-corrected chi connectivity index (χ4v) is 5.96. The number of ether oxygens (including phenoxy) is 1. The van der Waals surface area contributed by atoms with Crippen molar-refractivity contribution in [2.45, 2.75) is 58.0 Å². The number of amides is 2. The molecule has 3 aromatic carbocycles. The van der Waals surface area contributed by atoms with Crippen LogP contribution in [0.15, 0.2) is 71.6 Å². The topological polar surface area (TPSA) is 139 Å². The second kappa shape index (κ2) is 14.6. The fourth-order valence-electron chi connectivity index (χ4n) is 4.53. The third-order valence-electron chi connectivity index (χ3n) is 7.01. The minimum Gasteiger partial charge on any atom is -0.497 e. The molecular weight excluding hydrogens is 572 g/mol. The molecule has 11 nitrogen and oxygen atoms in total. The molecule has 1 atom stereocenters. The van der Waals surface area contributed by atoms with E-state index in [2.05, 4.69) is 5.32 Å². The number of methoxy groups -OCH3 is 1. The molecule has 1 unspecified atom stereocenters. The molecule has 3 aromatic rings. The van der Waals surface area contributed by atoms with Gasteiger partial charge >= 0.3 is 0 Å². The zero-order valence-electron chi connectivity index (χ0n) is 25.1. The van der Waals surface area contributed by atoms with Crippen LogP contribution in [0.3, 0.4) is 0 Å². The molecule has 0 aliphatic rings. The number of aryl methyl sites for hydroxylation is 2. The highest BCUT2D eigenvalue weighted by atomic mass is 32.2. The van der Waals surface area contributed by atoms with Crippen LogP contribution >= 0.6 is 0 Å². The molecule has 2 amide bonds. The number of benzene rings is 3. The van der Waals surface area contributed by atoms with Crippen molar-refractivity contribution in [2.24, 2.45) is 0 Å². The number of nitrogens with one attached hydrogen (secondary N) is 1. The molecule has 0 bridgehead atoms. The highest BCUT2D eigenvalue weighted by molar-refractivity contribution is 7.92. The Morgan fingerprint density at radius 2 is 1.65 bits per heavy atom. The number of carbonyl (C=O) groups excluding carboxylic acids is 2. The van der Waals surface area contributed by atoms with Gasteiger partial charge in [0.25, 0.3) is 15.7 Å². The molecule has 3 rings (SSSR count). The summed E-state index contributed by atoms with van der Waals surface area (Å²) in [5, 5.41) is 14.5. The van der Waals surface area contributed by atoms with Crippen molar-refractivity contribution in [1.82, 2.24) is 10.2 Å². The molecule has 0 aromatic heterocycles. The Balaban J connectivity index is 2.11. The predicted octanol–water partition coefficient (Wildman–Crippen LogP) is 4.75. The van der Waals surface area contributed by atoms with Gasteiger partial charge < -0.3 is 15.0 Å². The van der Waals surface area contributed by atoms with Gasteiger partial charge in [-0.15, -0.1) is 0 Å². The number of nitro groups is 1. The molecule has 12 heteroatoms. The minimum atomic E-state index is -4.48. The number of anilines is 1. The molecule has 0 aliphatic heterocycles. The van der Waals surface area contributed by atoms with E-state index in [1.807, 2.05) is 38.1 Å². The number of nitrogens with zero attached hydrogens (tertiary/aromatic N) is 3. The first-order chi connectivity index (χ1) is 20.4. The van der Waals surface area contributed by atoms with Crippen molar-refractivity contribution >= 4 is 33.2 Å². The molecule has 43 heavy (non-hydrogen) atoms. The molecule has 0 saturated heterocycles. The van der Waals surface area contributed by atoms with Crippen LogP contribution in [0.2, 0.25) is 0 Å². The van der Waals surface area contributed by atoms with E-state index in [-0.39, 0.29) is 28.7 Å². The Labute approximate surface area is 252 Å². The van der Waals surface area contributed by atoms with Crippen LogP contribution in [-0.4, -0.2) is 56.3 Å². The van der Waals surface area contributed by atoms with Gasteiger partial charge in [-0.05, 0) is 62.6 Å². The van der Waals surface area contributed by atoms with Gasteiger partial charge in [0, 0.05) is 24.7 Å². The standard InChI is InChI=1S/C31H38N4O7S/c1-6-18-32-31(37)28(7-2)33(20-24-11-8-22(3)9-12-24)30(36)21-34(25-13-15-26(42-5)16-14-25)43(40,41)27-17-10-23(4)29(19-27)35(38)39/h8-17,19,28H,6-7,18,20-21H2,1-5H3,(H,32,37). The van der Waals surface area contributed by atoms with Crippen LogP contribution in [0, 0.1) is 24.0 Å². The van der Waals surface area contributed by atoms with E-state index >= 15 is 0 Å². The van der Waals surface area contributed by atoms with E-state index in [4.69, 9.17) is 4.74 Å². The molecule has 0 fully saturated rings. The van der Waals surface area contributed by atoms with Crippen molar-refractivity contribution < 1.29 is 27.7 Å². The number of hydrogen-bond acceptors (Lipinski definition) is 7. The smallest absolute Gasteiger partial charge is 0.273 e. The van der Waals surface area contributed by atoms with Crippen molar-refractivity contribution in [1.29, 1.82) is 0 Å². The summed E-state index contributed by atoms with van der Waals surface area (Å²) in [7, 11) is -3.01. The summed E-state index contributed by atoms with van der Waals surface area (Å²) in [4.78, 5) is 39.3. The number of carbonyl (C=O) groups is 2. The lowest BCUT2D eigenvalue weighted by atomic mass is 10.1. The summed E-state index contributed by atoms with van der Waals surface area (Å²) in [5.41, 5.74) is 1.88. The van der Waals surface area contributed by atoms with Crippen molar-refractivity contribution in [3.8, 4) is 5.75 Å². The molecule has 0 aliphatic carbocycles. The largest absolute Gasteiger partial charge is 0.497 e. The SMILES string of the molecule is CCCNC(=O)C(CC)N(Cc1ccc(C)cc1)C(=O)CN(c1ccc(OC)cc1)S(=O)(=O)c1ccc(C)c([N+](=O)[O-])c1. The van der Waals surface area contributed by atoms with Gasteiger partial charge in [0.15, 0.2) is 0 Å². The third-order valence-corrected chi connectivity index (χ3v) is 8.78. The van der Waals surface area contributed by atoms with Gasteiger partial charge in [-0.25, -0.2) is 8.42 Å². The van der Waals surface area contributed by atoms with E-state index in [9.17, 15) is 28.1 Å². The number of hydrogen-bond donors (Lipinski definition) is 1. The van der Waals surface area contributed by atoms with Gasteiger partial charge in [-0.2, -0.15) is 0 Å². The molecular formula is C31H38N4O7S. The monoisotopic (exact) mass is 610 g/mol. The summed E-state index contributed by atoms with van der Waals surface area (Å²) >= 11 is 0. The highest BCUT2D eigenvalue weighted by Gasteiger charge is 2.34. The lowest BCUT2D eigenvalue weighted by Gasteiger charge is -2.33. The van der Waals surface area contributed by atoms with Crippen molar-refractivity contribution in [2.75, 3.05) is 24.5 Å². The average molecular weight is 611 g/mol. The van der Waals surface area contributed by atoms with E-state index < -0.39 is 33.4 Å². The van der Waals surface area contributed by atoms with Crippen LogP contribution < -0.4 is 14.4 Å². The summed E-state index contributed by atoms with van der Waals surface area (Å²) in [6.45, 7) is 7.01. The first-order valence-corrected chi connectivity index (χ1v) is 15.4. The van der Waals surface area contributed by atoms with Gasteiger partial charge in [0.1, 0.15) is 18.3 Å². The summed E-state index contributed by atoms with van der Waals surface area (Å²) in [6.07, 6.45) is 1.01. The molecule has 1 N–H and O–H groups in total. The van der Waals surface area contributed by atoms with Gasteiger partial charge in [0.2, 0.25) is 11.8 Å². The summed E-state index contributed by atoms with van der Waals surface area (Å²) in [5.74, 6) is -0.476. The van der Waals surface area contributed by atoms with E-state index in [1.165, 1.54) is 43.2 Å². The number of rotatable bonds is 14.